The van der Waals surface area contributed by atoms with Crippen molar-refractivity contribution in [2.75, 3.05) is 6.61 Å². The average Bonchev–Trinajstić information content (AvgIpc) is 2.90. The molecule has 0 saturated heterocycles. The van der Waals surface area contributed by atoms with E-state index in [0.717, 1.165) is 16.3 Å². The number of aliphatic hydroxyl groups excluding tert-OH is 2. The van der Waals surface area contributed by atoms with Crippen molar-refractivity contribution < 1.29 is 19.7 Å². The fourth-order valence-electron chi connectivity index (χ4n) is 2.50. The van der Waals surface area contributed by atoms with Crippen molar-refractivity contribution in [3.05, 3.63) is 41.7 Å². The highest BCUT2D eigenvalue weighted by Gasteiger charge is 2.17. The van der Waals surface area contributed by atoms with Crippen LogP contribution in [0.1, 0.15) is 24.4 Å². The lowest BCUT2D eigenvalue weighted by Crippen LogP contribution is -2.09. The Bertz CT molecular complexity index is 841. The van der Waals surface area contributed by atoms with Gasteiger partial charge in [-0.2, -0.15) is 0 Å². The summed E-state index contributed by atoms with van der Waals surface area (Å²) in [5.41, 5.74) is 2.46. The van der Waals surface area contributed by atoms with E-state index in [-0.39, 0.29) is 6.61 Å². The van der Waals surface area contributed by atoms with E-state index in [4.69, 9.17) is 4.74 Å². The van der Waals surface area contributed by atoms with Gasteiger partial charge in [-0.25, -0.2) is 4.98 Å². The zero-order valence-corrected chi connectivity index (χ0v) is 12.0. The summed E-state index contributed by atoms with van der Waals surface area (Å²) in [4.78, 5) is 18.5. The Morgan fingerprint density at radius 1 is 1.36 bits per heavy atom. The second-order valence-corrected chi connectivity index (χ2v) is 5.07. The number of H-pyrrole nitrogens is 1. The van der Waals surface area contributed by atoms with Crippen LogP contribution in [-0.4, -0.2) is 32.8 Å². The lowest BCUT2D eigenvalue weighted by atomic mass is 10.1. The molecule has 0 amide bonds. The molecule has 0 aliphatic carbocycles. The molecule has 1 aromatic carbocycles. The first-order valence-corrected chi connectivity index (χ1v) is 6.92. The van der Waals surface area contributed by atoms with Crippen LogP contribution in [0.2, 0.25) is 0 Å². The Kier molecular flexibility index (Phi) is 3.79. The number of rotatable bonds is 4. The van der Waals surface area contributed by atoms with Crippen LogP contribution < -0.4 is 0 Å². The van der Waals surface area contributed by atoms with Gasteiger partial charge in [0.2, 0.25) is 0 Å². The van der Waals surface area contributed by atoms with Crippen LogP contribution in [0.4, 0.5) is 0 Å². The molecule has 6 nitrogen and oxygen atoms in total. The van der Waals surface area contributed by atoms with E-state index in [9.17, 15) is 15.0 Å². The third-order valence-corrected chi connectivity index (χ3v) is 3.49. The van der Waals surface area contributed by atoms with Gasteiger partial charge >= 0.3 is 5.97 Å². The minimum absolute atomic E-state index is 0.0237. The first kappa shape index (κ1) is 14.5. The van der Waals surface area contributed by atoms with Crippen LogP contribution in [0, 0.1) is 0 Å². The minimum atomic E-state index is -1.10. The fraction of sp³-hybridized carbons (Fsp3) is 0.250. The number of pyridine rings is 1. The van der Waals surface area contributed by atoms with Crippen molar-refractivity contribution in [2.45, 2.75) is 19.6 Å². The summed E-state index contributed by atoms with van der Waals surface area (Å²) < 4.78 is 4.98. The largest absolute Gasteiger partial charge is 0.459 e. The molecule has 0 spiro atoms. The van der Waals surface area contributed by atoms with E-state index in [1.54, 1.807) is 0 Å². The van der Waals surface area contributed by atoms with Gasteiger partial charge in [0.05, 0.1) is 23.5 Å². The van der Waals surface area contributed by atoms with Crippen LogP contribution >= 0.6 is 0 Å². The molecule has 0 saturated carbocycles. The maximum atomic E-state index is 11.0. The summed E-state index contributed by atoms with van der Waals surface area (Å²) in [6.45, 7) is 0.915. The molecule has 0 radical (unpaired) electrons. The number of aliphatic hydroxyl groups is 2. The number of nitrogens with one attached hydrogen (secondary N) is 1. The Hall–Kier alpha value is -2.44. The van der Waals surface area contributed by atoms with E-state index in [2.05, 4.69) is 9.97 Å². The molecule has 3 N–H and O–H groups in total. The maximum Gasteiger partial charge on any atom is 0.303 e. The fourth-order valence-corrected chi connectivity index (χ4v) is 2.50. The third kappa shape index (κ3) is 2.54. The molecule has 0 bridgehead atoms. The predicted molar refractivity (Wildman–Crippen MR) is 81.1 cm³/mol. The summed E-state index contributed by atoms with van der Waals surface area (Å²) in [5, 5.41) is 21.1. The molecular formula is C16H16N2O4. The van der Waals surface area contributed by atoms with E-state index < -0.39 is 18.7 Å². The molecule has 2 aromatic heterocycles. The Morgan fingerprint density at radius 3 is 2.86 bits per heavy atom. The van der Waals surface area contributed by atoms with Crippen molar-refractivity contribution in [2.24, 2.45) is 0 Å². The summed E-state index contributed by atoms with van der Waals surface area (Å²) in [7, 11) is 0. The monoisotopic (exact) mass is 300 g/mol. The number of fused-ring (bicyclic) bond motifs is 3. The molecule has 2 heterocycles. The molecule has 3 aromatic rings. The van der Waals surface area contributed by atoms with Crippen LogP contribution in [0.15, 0.2) is 30.3 Å². The van der Waals surface area contributed by atoms with Gasteiger partial charge in [-0.1, -0.05) is 18.2 Å². The highest BCUT2D eigenvalue weighted by Crippen LogP contribution is 2.30. The van der Waals surface area contributed by atoms with Crippen LogP contribution in [-0.2, 0) is 16.1 Å². The quantitative estimate of drug-likeness (QED) is 0.639. The van der Waals surface area contributed by atoms with Gasteiger partial charge in [0.15, 0.2) is 0 Å². The van der Waals surface area contributed by atoms with Gasteiger partial charge in [-0.05, 0) is 12.1 Å². The normalized spacial score (nSPS) is 12.7. The number of benzene rings is 1. The van der Waals surface area contributed by atoms with Crippen molar-refractivity contribution >= 4 is 27.8 Å². The third-order valence-electron chi connectivity index (χ3n) is 3.49. The van der Waals surface area contributed by atoms with Gasteiger partial charge in [0.1, 0.15) is 12.7 Å². The maximum absolute atomic E-state index is 11.0. The molecular weight excluding hydrogens is 284 g/mol. The molecule has 22 heavy (non-hydrogen) atoms. The number of para-hydroxylation sites is 1. The minimum Gasteiger partial charge on any atom is -0.459 e. The zero-order valence-electron chi connectivity index (χ0n) is 12.0. The number of nitrogens with zero attached hydrogens (tertiary/aromatic N) is 1. The molecule has 114 valence electrons. The molecule has 6 heteroatoms. The first-order chi connectivity index (χ1) is 10.6. The lowest BCUT2D eigenvalue weighted by molar-refractivity contribution is -0.142. The van der Waals surface area contributed by atoms with E-state index >= 15 is 0 Å². The molecule has 0 unspecified atom stereocenters. The number of hydrogen-bond donors (Lipinski definition) is 3. The molecule has 1 atom stereocenters. The van der Waals surface area contributed by atoms with Crippen LogP contribution in [0.25, 0.3) is 21.8 Å². The summed E-state index contributed by atoms with van der Waals surface area (Å²) in [5.74, 6) is -0.398. The van der Waals surface area contributed by atoms with Gasteiger partial charge < -0.3 is 19.9 Å². The average molecular weight is 300 g/mol. The number of esters is 1. The van der Waals surface area contributed by atoms with Gasteiger partial charge in [0, 0.05) is 23.2 Å². The number of carbonyl (C=O) groups is 1. The Labute approximate surface area is 126 Å². The number of aromatic amines is 1. The lowest BCUT2D eigenvalue weighted by Gasteiger charge is -2.10. The Balaban J connectivity index is 2.22. The highest BCUT2D eigenvalue weighted by molar-refractivity contribution is 6.08. The van der Waals surface area contributed by atoms with Gasteiger partial charge in [-0.3, -0.25) is 4.79 Å². The highest BCUT2D eigenvalue weighted by atomic mass is 16.5. The Morgan fingerprint density at radius 2 is 2.14 bits per heavy atom. The second kappa shape index (κ2) is 5.75. The summed E-state index contributed by atoms with van der Waals surface area (Å²) in [6.07, 6.45) is -1.10. The predicted octanol–water partition coefficient (Wildman–Crippen LogP) is 1.80. The molecule has 0 fully saturated rings. The molecule has 0 aliphatic rings. The van der Waals surface area contributed by atoms with Crippen molar-refractivity contribution in [1.82, 2.24) is 9.97 Å². The standard InChI is InChI=1S/C16H16N2O4/c1-9(20)22-8-10-6-12-11-4-2-3-5-13(11)18-15(12)16(17-10)14(21)7-19/h2-6,14,18-19,21H,7-8H2,1H3/t14-/m1/s1. The molecule has 3 rings (SSSR count). The summed E-state index contributed by atoms with van der Waals surface area (Å²) >= 11 is 0. The topological polar surface area (TPSA) is 95.4 Å². The van der Waals surface area contributed by atoms with Crippen LogP contribution in [0.5, 0.6) is 0 Å². The SMILES string of the molecule is CC(=O)OCc1cc2c([nH]c3ccccc32)c([C@H](O)CO)n1. The van der Waals surface area contributed by atoms with Gasteiger partial charge in [-0.15, -0.1) is 0 Å². The van der Waals surface area contributed by atoms with E-state index in [1.807, 2.05) is 30.3 Å². The molecule has 0 aliphatic heterocycles. The van der Waals surface area contributed by atoms with Crippen LogP contribution in [0.3, 0.4) is 0 Å². The number of carbonyl (C=O) groups excluding carboxylic acids is 1. The van der Waals surface area contributed by atoms with E-state index in [1.165, 1.54) is 6.92 Å². The summed E-state index contributed by atoms with van der Waals surface area (Å²) in [6, 6.07) is 9.54. The van der Waals surface area contributed by atoms with Crippen molar-refractivity contribution in [3.8, 4) is 0 Å². The number of ether oxygens (including phenoxy) is 1. The first-order valence-electron chi connectivity index (χ1n) is 6.92. The van der Waals surface area contributed by atoms with Crippen molar-refractivity contribution in [1.29, 1.82) is 0 Å². The van der Waals surface area contributed by atoms with Crippen molar-refractivity contribution in [3.63, 3.8) is 0 Å². The number of hydrogen-bond acceptors (Lipinski definition) is 5. The van der Waals surface area contributed by atoms with E-state index in [0.29, 0.717) is 16.9 Å². The van der Waals surface area contributed by atoms with Gasteiger partial charge in [0.25, 0.3) is 0 Å². The second-order valence-electron chi connectivity index (χ2n) is 5.07. The smallest absolute Gasteiger partial charge is 0.303 e. The number of aromatic nitrogens is 2. The zero-order chi connectivity index (χ0) is 15.7.